The fourth-order valence-corrected chi connectivity index (χ4v) is 9.46. The lowest BCUT2D eigenvalue weighted by Gasteiger charge is -2.44. The molecule has 0 bridgehead atoms. The molecule has 5 rings (SSSR count). The molecule has 1 amide bonds. The van der Waals surface area contributed by atoms with Crippen LogP contribution in [0.15, 0.2) is 53.4 Å². The summed E-state index contributed by atoms with van der Waals surface area (Å²) in [6.45, 7) is -0.148. The molecule has 0 spiro atoms. The van der Waals surface area contributed by atoms with Gasteiger partial charge < -0.3 is 10.0 Å². The number of carboxylic acid groups (broad SMARTS) is 1. The third-order valence-corrected chi connectivity index (χ3v) is 11.9. The van der Waals surface area contributed by atoms with Crippen LogP contribution in [0.25, 0.3) is 0 Å². The summed E-state index contributed by atoms with van der Waals surface area (Å²) < 4.78 is 138. The second kappa shape index (κ2) is 10.4. The van der Waals surface area contributed by atoms with Crippen LogP contribution < -0.4 is 0 Å². The summed E-state index contributed by atoms with van der Waals surface area (Å²) >= 11 is 0. The highest BCUT2D eigenvalue weighted by Crippen LogP contribution is 2.57. The lowest BCUT2D eigenvalue weighted by molar-refractivity contribution is -0.348. The number of amides is 1. The predicted octanol–water partition coefficient (Wildman–Crippen LogP) is 6.18. The smallest absolute Gasteiger partial charge is 0.435 e. The first-order valence-corrected chi connectivity index (χ1v) is 15.3. The molecule has 0 aromatic heterocycles. The fraction of sp³-hybridized carbons (Fsp3) is 0.517. The van der Waals surface area contributed by atoms with Crippen LogP contribution >= 0.6 is 0 Å². The van der Waals surface area contributed by atoms with Gasteiger partial charge in [-0.25, -0.2) is 22.0 Å². The zero-order valence-electron chi connectivity index (χ0n) is 22.9. The van der Waals surface area contributed by atoms with E-state index in [1.165, 1.54) is 29.2 Å². The first-order valence-electron chi connectivity index (χ1n) is 13.8. The first-order chi connectivity index (χ1) is 20.3. The van der Waals surface area contributed by atoms with Crippen molar-refractivity contribution in [2.45, 2.75) is 84.3 Å². The van der Waals surface area contributed by atoms with Crippen LogP contribution in [0.5, 0.6) is 0 Å². The van der Waals surface area contributed by atoms with Crippen LogP contribution in [-0.2, 0) is 36.3 Å². The SMILES string of the molecule is O=C(C1CCC(F)(C(=O)O)CC1)N1CC[C@@]2(S(=O)(=O)c3ccccc3)c3ccc(C(F)(C(F)(F)F)C(F)(F)F)cc3CC[C@@H]12. The second-order valence-electron chi connectivity index (χ2n) is 11.6. The molecular formula is C29H27F8NO5S. The van der Waals surface area contributed by atoms with Crippen LogP contribution in [0.4, 0.5) is 35.1 Å². The number of aryl methyl sites for hydroxylation is 1. The Labute approximate surface area is 247 Å². The van der Waals surface area contributed by atoms with Gasteiger partial charge in [0.15, 0.2) is 9.84 Å². The van der Waals surface area contributed by atoms with Crippen molar-refractivity contribution < 1.29 is 58.2 Å². The maximum Gasteiger partial charge on any atom is 0.435 e. The molecule has 0 unspecified atom stereocenters. The molecule has 44 heavy (non-hydrogen) atoms. The topological polar surface area (TPSA) is 91.8 Å². The molecule has 15 heteroatoms. The number of halogens is 8. The van der Waals surface area contributed by atoms with Gasteiger partial charge in [0.2, 0.25) is 11.6 Å². The van der Waals surface area contributed by atoms with Crippen molar-refractivity contribution >= 4 is 21.7 Å². The quantitative estimate of drug-likeness (QED) is 0.390. The second-order valence-corrected chi connectivity index (χ2v) is 13.8. The molecule has 1 saturated heterocycles. The lowest BCUT2D eigenvalue weighted by Crippen LogP contribution is -2.54. The third-order valence-electron chi connectivity index (χ3n) is 9.39. The van der Waals surface area contributed by atoms with Gasteiger partial charge in [0.1, 0.15) is 4.75 Å². The Morgan fingerprint density at radius 2 is 1.45 bits per heavy atom. The van der Waals surface area contributed by atoms with Crippen molar-refractivity contribution in [1.82, 2.24) is 4.90 Å². The molecule has 1 N–H and O–H groups in total. The lowest BCUT2D eigenvalue weighted by atomic mass is 9.76. The van der Waals surface area contributed by atoms with Crippen LogP contribution in [0.1, 0.15) is 55.2 Å². The number of fused-ring (bicyclic) bond motifs is 3. The van der Waals surface area contributed by atoms with Crippen molar-refractivity contribution in [3.05, 3.63) is 65.2 Å². The van der Waals surface area contributed by atoms with E-state index in [1.54, 1.807) is 6.07 Å². The molecule has 240 valence electrons. The van der Waals surface area contributed by atoms with Gasteiger partial charge in [-0.2, -0.15) is 26.3 Å². The van der Waals surface area contributed by atoms with E-state index < -0.39 is 80.5 Å². The maximum atomic E-state index is 15.0. The summed E-state index contributed by atoms with van der Waals surface area (Å²) in [5, 5.41) is 9.19. The van der Waals surface area contributed by atoms with Gasteiger partial charge in [-0.3, -0.25) is 4.79 Å². The van der Waals surface area contributed by atoms with Crippen LogP contribution in [-0.4, -0.2) is 60.9 Å². The maximum absolute atomic E-state index is 15.0. The molecule has 1 heterocycles. The number of sulfone groups is 1. The molecule has 0 radical (unpaired) electrons. The van der Waals surface area contributed by atoms with Crippen molar-refractivity contribution in [2.24, 2.45) is 5.92 Å². The molecule has 2 aliphatic carbocycles. The molecule has 1 saturated carbocycles. The molecule has 2 aromatic rings. The average molecular weight is 654 g/mol. The van der Waals surface area contributed by atoms with E-state index in [0.29, 0.717) is 12.1 Å². The van der Waals surface area contributed by atoms with E-state index in [1.807, 2.05) is 0 Å². The average Bonchev–Trinajstić information content (AvgIpc) is 3.37. The first kappa shape index (κ1) is 32.2. The van der Waals surface area contributed by atoms with E-state index in [0.717, 1.165) is 6.07 Å². The van der Waals surface area contributed by atoms with Gasteiger partial charge in [0, 0.05) is 18.0 Å². The van der Waals surface area contributed by atoms with Crippen molar-refractivity contribution in [1.29, 1.82) is 0 Å². The van der Waals surface area contributed by atoms with Crippen molar-refractivity contribution in [3.63, 3.8) is 0 Å². The number of carbonyl (C=O) groups excluding carboxylic acids is 1. The highest BCUT2D eigenvalue weighted by molar-refractivity contribution is 7.92. The Bertz CT molecular complexity index is 1550. The monoisotopic (exact) mass is 653 g/mol. The number of carboxylic acids is 1. The zero-order valence-corrected chi connectivity index (χ0v) is 23.7. The summed E-state index contributed by atoms with van der Waals surface area (Å²) in [7, 11) is -4.48. The van der Waals surface area contributed by atoms with Crippen molar-refractivity contribution in [3.8, 4) is 0 Å². The van der Waals surface area contributed by atoms with Gasteiger partial charge in [-0.15, -0.1) is 0 Å². The summed E-state index contributed by atoms with van der Waals surface area (Å²) in [6, 6.07) is 7.35. The number of aliphatic carboxylic acids is 1. The molecule has 2 fully saturated rings. The highest BCUT2D eigenvalue weighted by atomic mass is 32.2. The number of alkyl halides is 8. The minimum absolute atomic E-state index is 0.114. The van der Waals surface area contributed by atoms with Crippen LogP contribution in [0, 0.1) is 5.92 Å². The third kappa shape index (κ3) is 4.59. The van der Waals surface area contributed by atoms with Gasteiger partial charge in [-0.05, 0) is 68.2 Å². The number of hydrogen-bond donors (Lipinski definition) is 1. The Hall–Kier alpha value is -3.23. The van der Waals surface area contributed by atoms with E-state index in [9.17, 15) is 58.2 Å². The Balaban J connectivity index is 1.61. The van der Waals surface area contributed by atoms with E-state index in [4.69, 9.17) is 0 Å². The molecule has 1 aliphatic heterocycles. The summed E-state index contributed by atoms with van der Waals surface area (Å²) in [5.41, 5.74) is -10.3. The number of hydrogen-bond acceptors (Lipinski definition) is 4. The van der Waals surface area contributed by atoms with Gasteiger partial charge in [0.05, 0.1) is 10.9 Å². The molecule has 6 nitrogen and oxygen atoms in total. The van der Waals surface area contributed by atoms with E-state index in [-0.39, 0.29) is 54.7 Å². The zero-order chi connectivity index (χ0) is 32.5. The highest BCUT2D eigenvalue weighted by Gasteiger charge is 2.74. The van der Waals surface area contributed by atoms with E-state index >= 15 is 0 Å². The molecule has 2 atom stereocenters. The fourth-order valence-electron chi connectivity index (χ4n) is 7.07. The molecule has 3 aliphatic rings. The predicted molar refractivity (Wildman–Crippen MR) is 139 cm³/mol. The largest absolute Gasteiger partial charge is 0.479 e. The minimum Gasteiger partial charge on any atom is -0.479 e. The molecular weight excluding hydrogens is 626 g/mol. The Morgan fingerprint density at radius 1 is 0.864 bits per heavy atom. The van der Waals surface area contributed by atoms with E-state index in [2.05, 4.69) is 0 Å². The Kier molecular flexibility index (Phi) is 7.61. The number of nitrogens with zero attached hydrogens (tertiary/aromatic N) is 1. The number of rotatable bonds is 5. The standard InChI is InChI=1S/C29H27F8NO5S/c30-25(24(40)41)12-10-17(11-13-25)23(39)38-15-14-26(44(42,43)20-4-2-1-3-5-20)21-8-7-19(16-18(21)6-9-22(26)38)27(31,28(32,33)34)29(35,36)37/h1-5,7-8,16-17,22H,6,9-15H2,(H,40,41)/t17?,22-,25?,26-/m1/s1. The number of likely N-dealkylation sites (tertiary alicyclic amines) is 1. The minimum atomic E-state index is -6.36. The molecule has 2 aromatic carbocycles. The summed E-state index contributed by atoms with van der Waals surface area (Å²) in [5.74, 6) is -3.00. The Morgan fingerprint density at radius 3 is 2.00 bits per heavy atom. The number of carbonyl (C=O) groups is 2. The normalized spacial score (nSPS) is 27.9. The van der Waals surface area contributed by atoms with Gasteiger partial charge in [-0.1, -0.05) is 36.4 Å². The van der Waals surface area contributed by atoms with Crippen molar-refractivity contribution in [2.75, 3.05) is 6.54 Å². The van der Waals surface area contributed by atoms with Crippen LogP contribution in [0.3, 0.4) is 0 Å². The van der Waals surface area contributed by atoms with Gasteiger partial charge >= 0.3 is 24.0 Å². The summed E-state index contributed by atoms with van der Waals surface area (Å²) in [4.78, 5) is 26.1. The van der Waals surface area contributed by atoms with Crippen LogP contribution in [0.2, 0.25) is 0 Å². The van der Waals surface area contributed by atoms with Gasteiger partial charge in [0.25, 0.3) is 0 Å². The number of benzene rings is 2. The summed E-state index contributed by atoms with van der Waals surface area (Å²) in [6.07, 6.45) is -14.5.